The summed E-state index contributed by atoms with van der Waals surface area (Å²) in [5.41, 5.74) is 1.20. The smallest absolute Gasteiger partial charge is 0.234 e. The molecule has 24 heavy (non-hydrogen) atoms. The van der Waals surface area contributed by atoms with Crippen molar-refractivity contribution in [3.63, 3.8) is 0 Å². The molecule has 2 heterocycles. The Hall–Kier alpha value is -1.46. The Morgan fingerprint density at radius 2 is 1.92 bits per heavy atom. The van der Waals surface area contributed by atoms with Crippen LogP contribution in [0.5, 0.6) is 0 Å². The van der Waals surface area contributed by atoms with Gasteiger partial charge in [-0.25, -0.2) is 4.39 Å². The van der Waals surface area contributed by atoms with E-state index in [-0.39, 0.29) is 11.7 Å². The molecule has 1 amide bonds. The van der Waals surface area contributed by atoms with Crippen LogP contribution in [0, 0.1) is 17.7 Å². The maximum Gasteiger partial charge on any atom is 0.234 e. The first-order chi connectivity index (χ1) is 11.7. The highest BCUT2D eigenvalue weighted by Gasteiger charge is 2.22. The van der Waals surface area contributed by atoms with E-state index >= 15 is 0 Å². The van der Waals surface area contributed by atoms with Gasteiger partial charge in [0, 0.05) is 19.1 Å². The van der Waals surface area contributed by atoms with E-state index in [9.17, 15) is 9.18 Å². The van der Waals surface area contributed by atoms with Gasteiger partial charge in [0.2, 0.25) is 5.91 Å². The Kier molecular flexibility index (Phi) is 6.21. The minimum atomic E-state index is -0.177. The fourth-order valence-corrected chi connectivity index (χ4v) is 3.56. The first kappa shape index (κ1) is 17.4. The van der Waals surface area contributed by atoms with Gasteiger partial charge in [-0.2, -0.15) is 0 Å². The normalized spacial score (nSPS) is 22.6. The molecular formula is C19H27FN2O2. The van der Waals surface area contributed by atoms with Crippen molar-refractivity contribution >= 4 is 5.91 Å². The highest BCUT2D eigenvalue weighted by atomic mass is 19.1. The van der Waals surface area contributed by atoms with Gasteiger partial charge in [-0.1, -0.05) is 12.1 Å². The molecule has 0 aromatic heterocycles. The molecule has 1 N–H and O–H groups in total. The van der Waals surface area contributed by atoms with Crippen LogP contribution in [0.25, 0.3) is 0 Å². The number of hydrogen-bond donors (Lipinski definition) is 1. The van der Waals surface area contributed by atoms with Crippen molar-refractivity contribution in [2.24, 2.45) is 11.8 Å². The van der Waals surface area contributed by atoms with E-state index in [2.05, 4.69) is 10.2 Å². The SMILES string of the molecule is O=C(CN1CCC(Cc2ccc(F)cc2)CC1)NC[C@H]1CCOC1. The summed E-state index contributed by atoms with van der Waals surface area (Å²) in [6.45, 7) is 4.76. The molecule has 1 aromatic rings. The summed E-state index contributed by atoms with van der Waals surface area (Å²) in [7, 11) is 0. The number of carbonyl (C=O) groups excluding carboxylic acids is 1. The fraction of sp³-hybridized carbons (Fsp3) is 0.632. The molecule has 4 nitrogen and oxygen atoms in total. The maximum absolute atomic E-state index is 12.9. The molecule has 2 aliphatic rings. The van der Waals surface area contributed by atoms with Crippen LogP contribution in [0.4, 0.5) is 4.39 Å². The fourth-order valence-electron chi connectivity index (χ4n) is 3.56. The minimum absolute atomic E-state index is 0.124. The summed E-state index contributed by atoms with van der Waals surface area (Å²) in [6, 6.07) is 6.82. The molecule has 0 unspecified atom stereocenters. The number of amides is 1. The summed E-state index contributed by atoms with van der Waals surface area (Å²) in [5.74, 6) is 1.06. The van der Waals surface area contributed by atoms with Crippen molar-refractivity contribution in [2.45, 2.75) is 25.7 Å². The Balaban J connectivity index is 1.34. The Bertz CT molecular complexity index is 521. The third kappa shape index (κ3) is 5.28. The van der Waals surface area contributed by atoms with Crippen molar-refractivity contribution in [1.29, 1.82) is 0 Å². The lowest BCUT2D eigenvalue weighted by molar-refractivity contribution is -0.122. The van der Waals surface area contributed by atoms with Crippen molar-refractivity contribution in [3.05, 3.63) is 35.6 Å². The average Bonchev–Trinajstić information content (AvgIpc) is 3.10. The average molecular weight is 334 g/mol. The first-order valence-electron chi connectivity index (χ1n) is 9.00. The predicted octanol–water partition coefficient (Wildman–Crippen LogP) is 2.23. The number of benzene rings is 1. The number of nitrogens with one attached hydrogen (secondary N) is 1. The summed E-state index contributed by atoms with van der Waals surface area (Å²) >= 11 is 0. The molecule has 2 aliphatic heterocycles. The summed E-state index contributed by atoms with van der Waals surface area (Å²) in [5, 5.41) is 3.03. The van der Waals surface area contributed by atoms with E-state index in [1.54, 1.807) is 0 Å². The van der Waals surface area contributed by atoms with Crippen molar-refractivity contribution < 1.29 is 13.9 Å². The second kappa shape index (κ2) is 8.58. The van der Waals surface area contributed by atoms with Crippen molar-refractivity contribution in [3.8, 4) is 0 Å². The van der Waals surface area contributed by atoms with Crippen LogP contribution < -0.4 is 5.32 Å². The lowest BCUT2D eigenvalue weighted by Gasteiger charge is -2.31. The summed E-state index contributed by atoms with van der Waals surface area (Å²) in [6.07, 6.45) is 4.25. The number of halogens is 1. The van der Waals surface area contributed by atoms with Gasteiger partial charge in [0.1, 0.15) is 5.82 Å². The second-order valence-electron chi connectivity index (χ2n) is 7.08. The molecule has 132 valence electrons. The zero-order valence-corrected chi connectivity index (χ0v) is 14.2. The number of rotatable bonds is 6. The number of hydrogen-bond acceptors (Lipinski definition) is 3. The number of likely N-dealkylation sites (tertiary alicyclic amines) is 1. The van der Waals surface area contributed by atoms with Gasteiger partial charge in [-0.05, 0) is 62.4 Å². The van der Waals surface area contributed by atoms with Gasteiger partial charge in [0.25, 0.3) is 0 Å². The van der Waals surface area contributed by atoms with E-state index < -0.39 is 0 Å². The summed E-state index contributed by atoms with van der Waals surface area (Å²) < 4.78 is 18.3. The van der Waals surface area contributed by atoms with Gasteiger partial charge in [-0.15, -0.1) is 0 Å². The van der Waals surface area contributed by atoms with Gasteiger partial charge in [-0.3, -0.25) is 9.69 Å². The Morgan fingerprint density at radius 3 is 2.58 bits per heavy atom. The van der Waals surface area contributed by atoms with E-state index in [1.165, 1.54) is 17.7 Å². The number of piperidine rings is 1. The van der Waals surface area contributed by atoms with Crippen molar-refractivity contribution in [1.82, 2.24) is 10.2 Å². The highest BCUT2D eigenvalue weighted by molar-refractivity contribution is 5.78. The van der Waals surface area contributed by atoms with E-state index in [4.69, 9.17) is 4.74 Å². The summed E-state index contributed by atoms with van der Waals surface area (Å²) in [4.78, 5) is 14.3. The Morgan fingerprint density at radius 1 is 1.17 bits per heavy atom. The lowest BCUT2D eigenvalue weighted by atomic mass is 9.90. The molecule has 1 atom stereocenters. The third-order valence-electron chi connectivity index (χ3n) is 5.12. The third-order valence-corrected chi connectivity index (χ3v) is 5.12. The maximum atomic E-state index is 12.9. The molecule has 0 bridgehead atoms. The number of carbonyl (C=O) groups is 1. The van der Waals surface area contributed by atoms with Crippen molar-refractivity contribution in [2.75, 3.05) is 39.4 Å². The molecule has 0 radical (unpaired) electrons. The molecule has 0 spiro atoms. The molecule has 1 aromatic carbocycles. The Labute approximate surface area is 143 Å². The first-order valence-corrected chi connectivity index (χ1v) is 9.00. The van der Waals surface area contributed by atoms with Gasteiger partial charge in [0.05, 0.1) is 13.2 Å². The topological polar surface area (TPSA) is 41.6 Å². The lowest BCUT2D eigenvalue weighted by Crippen LogP contribution is -2.42. The van der Waals surface area contributed by atoms with Crippen LogP contribution in [-0.4, -0.2) is 50.2 Å². The largest absolute Gasteiger partial charge is 0.381 e. The van der Waals surface area contributed by atoms with Gasteiger partial charge < -0.3 is 10.1 Å². The van der Waals surface area contributed by atoms with Gasteiger partial charge >= 0.3 is 0 Å². The van der Waals surface area contributed by atoms with E-state index in [0.717, 1.165) is 58.5 Å². The van der Waals surface area contributed by atoms with Crippen LogP contribution in [-0.2, 0) is 16.0 Å². The number of ether oxygens (including phenoxy) is 1. The van der Waals surface area contributed by atoms with Crippen LogP contribution in [0.15, 0.2) is 24.3 Å². The standard InChI is InChI=1S/C19H27FN2O2/c20-18-3-1-15(2-4-18)11-16-5-8-22(9-6-16)13-19(23)21-12-17-7-10-24-14-17/h1-4,16-17H,5-14H2,(H,21,23)/t17-/m1/s1. The second-order valence-corrected chi connectivity index (χ2v) is 7.08. The predicted molar refractivity (Wildman–Crippen MR) is 91.2 cm³/mol. The zero-order chi connectivity index (χ0) is 16.8. The highest BCUT2D eigenvalue weighted by Crippen LogP contribution is 2.21. The quantitative estimate of drug-likeness (QED) is 0.867. The van der Waals surface area contributed by atoms with Crippen LogP contribution in [0.1, 0.15) is 24.8 Å². The zero-order valence-electron chi connectivity index (χ0n) is 14.2. The van der Waals surface area contributed by atoms with Crippen LogP contribution in [0.2, 0.25) is 0 Å². The molecule has 0 aliphatic carbocycles. The monoisotopic (exact) mass is 334 g/mol. The van der Waals surface area contributed by atoms with E-state index in [0.29, 0.717) is 18.4 Å². The molecule has 5 heteroatoms. The molecule has 2 fully saturated rings. The van der Waals surface area contributed by atoms with Gasteiger partial charge in [0.15, 0.2) is 0 Å². The minimum Gasteiger partial charge on any atom is -0.381 e. The molecule has 2 saturated heterocycles. The molecule has 3 rings (SSSR count). The van der Waals surface area contributed by atoms with Crippen LogP contribution >= 0.6 is 0 Å². The van der Waals surface area contributed by atoms with E-state index in [1.807, 2.05) is 12.1 Å². The van der Waals surface area contributed by atoms with Crippen LogP contribution in [0.3, 0.4) is 0 Å². The molecular weight excluding hydrogens is 307 g/mol. The molecule has 0 saturated carbocycles. The number of nitrogens with zero attached hydrogens (tertiary/aromatic N) is 1.